The lowest BCUT2D eigenvalue weighted by molar-refractivity contribution is -0.183. The summed E-state index contributed by atoms with van der Waals surface area (Å²) in [7, 11) is 0. The van der Waals surface area contributed by atoms with Crippen molar-refractivity contribution >= 4 is 17.7 Å². The zero-order chi connectivity index (χ0) is 19.0. The Hall–Kier alpha value is -1.65. The zero-order valence-electron chi connectivity index (χ0n) is 16.2. The van der Waals surface area contributed by atoms with Crippen molar-refractivity contribution in [1.82, 2.24) is 0 Å². The van der Waals surface area contributed by atoms with E-state index < -0.39 is 22.4 Å². The van der Waals surface area contributed by atoms with E-state index in [4.69, 9.17) is 9.47 Å². The van der Waals surface area contributed by atoms with Gasteiger partial charge in [0.2, 0.25) is 5.60 Å². The van der Waals surface area contributed by atoms with Gasteiger partial charge in [0.25, 0.3) is 0 Å². The first-order valence-corrected chi connectivity index (χ1v) is 9.05. The number of hydrogen-bond donors (Lipinski definition) is 0. The van der Waals surface area contributed by atoms with E-state index in [0.717, 1.165) is 12.8 Å². The number of ketones is 1. The van der Waals surface area contributed by atoms with E-state index in [2.05, 4.69) is 6.08 Å². The number of carbonyl (C=O) groups is 3. The van der Waals surface area contributed by atoms with Gasteiger partial charge >= 0.3 is 11.9 Å². The minimum Gasteiger partial charge on any atom is -0.455 e. The molecule has 1 heterocycles. The van der Waals surface area contributed by atoms with E-state index in [1.165, 1.54) is 5.57 Å². The molecule has 5 nitrogen and oxygen atoms in total. The van der Waals surface area contributed by atoms with Gasteiger partial charge in [-0.05, 0) is 46.5 Å². The second-order valence-electron chi connectivity index (χ2n) is 8.48. The fourth-order valence-electron chi connectivity index (χ4n) is 3.88. The minimum absolute atomic E-state index is 0.102. The average Bonchev–Trinajstić information content (AvgIpc) is 2.82. The molecule has 25 heavy (non-hydrogen) atoms. The van der Waals surface area contributed by atoms with Crippen molar-refractivity contribution in [2.45, 2.75) is 72.8 Å². The Morgan fingerprint density at radius 2 is 1.88 bits per heavy atom. The number of hydrogen-bond acceptors (Lipinski definition) is 5. The van der Waals surface area contributed by atoms with Gasteiger partial charge < -0.3 is 9.47 Å². The molecule has 0 N–H and O–H groups in total. The molecule has 1 aliphatic carbocycles. The van der Waals surface area contributed by atoms with Crippen LogP contribution >= 0.6 is 0 Å². The third-order valence-electron chi connectivity index (χ3n) is 6.46. The maximum absolute atomic E-state index is 12.7. The molecule has 0 aromatic heterocycles. The number of rotatable bonds is 7. The van der Waals surface area contributed by atoms with Crippen LogP contribution in [-0.2, 0) is 23.9 Å². The predicted octanol–water partition coefficient (Wildman–Crippen LogP) is 3.60. The number of carbonyl (C=O) groups excluding carboxylic acids is 3. The quantitative estimate of drug-likeness (QED) is 0.518. The SMILES string of the molecule is CC(C)=CCCC(C)C(=O)COC(=O)C12CCC(C)(C(=O)O1)C2(C)C. The van der Waals surface area contributed by atoms with Crippen molar-refractivity contribution in [3.8, 4) is 0 Å². The zero-order valence-corrected chi connectivity index (χ0v) is 16.2. The lowest BCUT2D eigenvalue weighted by Gasteiger charge is -2.34. The highest BCUT2D eigenvalue weighted by molar-refractivity contribution is 5.94. The maximum Gasteiger partial charge on any atom is 0.351 e. The molecule has 1 aliphatic heterocycles. The number of allylic oxidation sites excluding steroid dienone is 2. The molecule has 2 bridgehead atoms. The van der Waals surface area contributed by atoms with Crippen molar-refractivity contribution in [2.75, 3.05) is 6.61 Å². The minimum atomic E-state index is -1.26. The first kappa shape index (κ1) is 19.7. The van der Waals surface area contributed by atoms with Crippen LogP contribution in [0.3, 0.4) is 0 Å². The largest absolute Gasteiger partial charge is 0.455 e. The summed E-state index contributed by atoms with van der Waals surface area (Å²) in [5.74, 6) is -1.21. The van der Waals surface area contributed by atoms with Gasteiger partial charge in [0.05, 0.1) is 5.41 Å². The lowest BCUT2D eigenvalue weighted by atomic mass is 9.66. The number of fused-ring (bicyclic) bond motifs is 2. The Labute approximate surface area is 150 Å². The number of esters is 2. The molecule has 1 saturated carbocycles. The van der Waals surface area contributed by atoms with Crippen molar-refractivity contribution in [2.24, 2.45) is 16.7 Å². The molecule has 2 rings (SSSR count). The van der Waals surface area contributed by atoms with Crippen LogP contribution in [0.25, 0.3) is 0 Å². The summed E-state index contributed by atoms with van der Waals surface area (Å²) < 4.78 is 10.8. The molecule has 3 atom stereocenters. The van der Waals surface area contributed by atoms with Crippen LogP contribution in [0.15, 0.2) is 11.6 Å². The molecule has 0 aromatic carbocycles. The monoisotopic (exact) mass is 350 g/mol. The summed E-state index contributed by atoms with van der Waals surface area (Å²) in [6.45, 7) is 11.2. The molecule has 0 radical (unpaired) electrons. The molecule has 3 unspecified atom stereocenters. The van der Waals surface area contributed by atoms with Crippen LogP contribution < -0.4 is 0 Å². The van der Waals surface area contributed by atoms with E-state index in [0.29, 0.717) is 12.8 Å². The maximum atomic E-state index is 12.7. The van der Waals surface area contributed by atoms with Gasteiger partial charge in [-0.3, -0.25) is 9.59 Å². The van der Waals surface area contributed by atoms with Gasteiger partial charge in [0.15, 0.2) is 5.78 Å². The number of ether oxygens (including phenoxy) is 2. The Bertz CT molecular complexity index is 614. The standard InChI is InChI=1S/C20H30O5/c1-13(2)8-7-9-14(3)15(21)12-24-17(23)20-11-10-19(6,16(22)25-20)18(20,4)5/h8,14H,7,9-12H2,1-6H3. The average molecular weight is 350 g/mol. The molecule has 2 aliphatic rings. The highest BCUT2D eigenvalue weighted by atomic mass is 16.6. The van der Waals surface area contributed by atoms with Crippen LogP contribution in [0.1, 0.15) is 67.2 Å². The second-order valence-corrected chi connectivity index (χ2v) is 8.48. The Morgan fingerprint density at radius 3 is 2.36 bits per heavy atom. The molecular weight excluding hydrogens is 320 g/mol. The molecule has 2 fully saturated rings. The fraction of sp³-hybridized carbons (Fsp3) is 0.750. The van der Waals surface area contributed by atoms with Gasteiger partial charge in [0.1, 0.15) is 6.61 Å². The first-order valence-electron chi connectivity index (χ1n) is 9.05. The van der Waals surface area contributed by atoms with Crippen molar-refractivity contribution < 1.29 is 23.9 Å². The molecule has 5 heteroatoms. The normalized spacial score (nSPS) is 30.6. The van der Waals surface area contributed by atoms with Crippen molar-refractivity contribution in [1.29, 1.82) is 0 Å². The van der Waals surface area contributed by atoms with E-state index >= 15 is 0 Å². The highest BCUT2D eigenvalue weighted by Crippen LogP contribution is 2.65. The van der Waals surface area contributed by atoms with Crippen LogP contribution in [0.4, 0.5) is 0 Å². The van der Waals surface area contributed by atoms with E-state index in [1.54, 1.807) is 0 Å². The first-order chi connectivity index (χ1) is 11.5. The van der Waals surface area contributed by atoms with Crippen molar-refractivity contribution in [3.63, 3.8) is 0 Å². The van der Waals surface area contributed by atoms with Gasteiger partial charge in [-0.1, -0.05) is 32.4 Å². The topological polar surface area (TPSA) is 69.7 Å². The Kier molecular flexibility index (Phi) is 5.18. The Morgan fingerprint density at radius 1 is 1.24 bits per heavy atom. The van der Waals surface area contributed by atoms with Gasteiger partial charge in [-0.25, -0.2) is 4.79 Å². The van der Waals surface area contributed by atoms with Crippen LogP contribution in [0.2, 0.25) is 0 Å². The van der Waals surface area contributed by atoms with Gasteiger partial charge in [-0.15, -0.1) is 0 Å². The fourth-order valence-corrected chi connectivity index (χ4v) is 3.88. The van der Waals surface area contributed by atoms with E-state index in [-0.39, 0.29) is 24.3 Å². The highest BCUT2D eigenvalue weighted by Gasteiger charge is 2.76. The molecule has 1 saturated heterocycles. The van der Waals surface area contributed by atoms with Crippen LogP contribution in [0.5, 0.6) is 0 Å². The van der Waals surface area contributed by atoms with E-state index in [9.17, 15) is 14.4 Å². The molecule has 0 aromatic rings. The summed E-state index contributed by atoms with van der Waals surface area (Å²) in [5, 5.41) is 0. The predicted molar refractivity (Wildman–Crippen MR) is 93.7 cm³/mol. The second kappa shape index (κ2) is 6.58. The number of Topliss-reactive ketones (excluding diaryl/α,β-unsaturated/α-hetero) is 1. The summed E-state index contributed by atoms with van der Waals surface area (Å²) in [4.78, 5) is 37.1. The summed E-state index contributed by atoms with van der Waals surface area (Å²) in [5.41, 5.74) is -1.36. The summed E-state index contributed by atoms with van der Waals surface area (Å²) in [6.07, 6.45) is 4.70. The third-order valence-corrected chi connectivity index (χ3v) is 6.46. The van der Waals surface area contributed by atoms with Crippen LogP contribution in [0, 0.1) is 16.7 Å². The smallest absolute Gasteiger partial charge is 0.351 e. The van der Waals surface area contributed by atoms with Gasteiger partial charge in [0, 0.05) is 11.3 Å². The molecule has 140 valence electrons. The summed E-state index contributed by atoms with van der Waals surface area (Å²) in [6, 6.07) is 0. The summed E-state index contributed by atoms with van der Waals surface area (Å²) >= 11 is 0. The lowest BCUT2D eigenvalue weighted by Crippen LogP contribution is -2.49. The molecule has 0 amide bonds. The third kappa shape index (κ3) is 3.02. The molecule has 0 spiro atoms. The van der Waals surface area contributed by atoms with Crippen molar-refractivity contribution in [3.05, 3.63) is 11.6 Å². The van der Waals surface area contributed by atoms with Gasteiger partial charge in [-0.2, -0.15) is 0 Å². The Balaban J connectivity index is 1.96. The van der Waals surface area contributed by atoms with E-state index in [1.807, 2.05) is 41.5 Å². The molecular formula is C20H30O5. The van der Waals surface area contributed by atoms with Crippen LogP contribution in [-0.4, -0.2) is 29.9 Å².